The molecule has 7 heteroatoms. The molecule has 1 aliphatic rings. The lowest BCUT2D eigenvalue weighted by Gasteiger charge is -2.21. The Labute approximate surface area is 216 Å². The minimum atomic E-state index is -4.43. The maximum absolute atomic E-state index is 13.5. The smallest absolute Gasteiger partial charge is 0.347 e. The summed E-state index contributed by atoms with van der Waals surface area (Å²) >= 11 is 0. The number of nitrogens with zero attached hydrogens (tertiary/aromatic N) is 3. The predicted molar refractivity (Wildman–Crippen MR) is 141 cm³/mol. The SMILES string of the molecule is Cc1cc([C@@H]2CN(Cc3cc(C)ccc3-c3cc(C(C)C)ccc3C)C(=NC#N)N2)cc(C(F)(F)F)c1. The van der Waals surface area contributed by atoms with Gasteiger partial charge in [0.25, 0.3) is 0 Å². The normalized spacial score (nSPS) is 16.8. The largest absolute Gasteiger partial charge is 0.416 e. The molecule has 0 bridgehead atoms. The summed E-state index contributed by atoms with van der Waals surface area (Å²) in [6, 6.07) is 16.5. The molecule has 1 fully saturated rings. The number of hydrogen-bond donors (Lipinski definition) is 1. The number of halogens is 3. The van der Waals surface area contributed by atoms with Gasteiger partial charge < -0.3 is 10.2 Å². The van der Waals surface area contributed by atoms with Crippen LogP contribution < -0.4 is 5.32 Å². The van der Waals surface area contributed by atoms with Crippen LogP contribution in [0.25, 0.3) is 11.1 Å². The highest BCUT2D eigenvalue weighted by Crippen LogP contribution is 2.35. The van der Waals surface area contributed by atoms with Crippen molar-refractivity contribution in [1.29, 1.82) is 5.26 Å². The van der Waals surface area contributed by atoms with Gasteiger partial charge >= 0.3 is 6.18 Å². The molecule has 1 N–H and O–H groups in total. The number of aliphatic imine (C=N–C) groups is 1. The molecule has 1 saturated heterocycles. The van der Waals surface area contributed by atoms with Crippen LogP contribution in [0.3, 0.4) is 0 Å². The summed E-state index contributed by atoms with van der Waals surface area (Å²) in [4.78, 5) is 5.90. The second-order valence-corrected chi connectivity index (χ2v) is 10.1. The van der Waals surface area contributed by atoms with Gasteiger partial charge in [0.1, 0.15) is 0 Å². The second-order valence-electron chi connectivity index (χ2n) is 10.1. The molecule has 4 rings (SSSR count). The quantitative estimate of drug-likeness (QED) is 0.368. The van der Waals surface area contributed by atoms with Crippen LogP contribution in [-0.4, -0.2) is 17.4 Å². The van der Waals surface area contributed by atoms with Crippen LogP contribution in [0.5, 0.6) is 0 Å². The van der Waals surface area contributed by atoms with Crippen molar-refractivity contribution in [2.24, 2.45) is 4.99 Å². The number of alkyl halides is 3. The van der Waals surface area contributed by atoms with Crippen LogP contribution in [-0.2, 0) is 12.7 Å². The summed E-state index contributed by atoms with van der Waals surface area (Å²) in [6.45, 7) is 11.0. The first-order chi connectivity index (χ1) is 17.5. The average Bonchev–Trinajstić information content (AvgIpc) is 3.21. The lowest BCUT2D eigenvalue weighted by molar-refractivity contribution is -0.137. The number of guanidine groups is 1. The maximum atomic E-state index is 13.5. The highest BCUT2D eigenvalue weighted by molar-refractivity contribution is 5.84. The molecule has 0 aromatic heterocycles. The van der Waals surface area contributed by atoms with E-state index in [4.69, 9.17) is 0 Å². The summed E-state index contributed by atoms with van der Waals surface area (Å²) < 4.78 is 40.4. The van der Waals surface area contributed by atoms with E-state index in [0.29, 0.717) is 36.1 Å². The van der Waals surface area contributed by atoms with E-state index in [2.05, 4.69) is 67.5 Å². The van der Waals surface area contributed by atoms with Crippen molar-refractivity contribution < 1.29 is 13.2 Å². The van der Waals surface area contributed by atoms with E-state index in [-0.39, 0.29) is 0 Å². The van der Waals surface area contributed by atoms with Gasteiger partial charge in [-0.15, -0.1) is 4.99 Å². The van der Waals surface area contributed by atoms with Gasteiger partial charge in [0.2, 0.25) is 12.2 Å². The van der Waals surface area contributed by atoms with E-state index in [0.717, 1.165) is 33.9 Å². The van der Waals surface area contributed by atoms with E-state index in [1.54, 1.807) is 13.0 Å². The molecule has 0 aliphatic carbocycles. The monoisotopic (exact) mass is 504 g/mol. The Bertz CT molecular complexity index is 1380. The third kappa shape index (κ3) is 5.80. The van der Waals surface area contributed by atoms with E-state index in [1.165, 1.54) is 11.6 Å². The zero-order valence-corrected chi connectivity index (χ0v) is 21.7. The Kier molecular flexibility index (Phi) is 7.31. The van der Waals surface area contributed by atoms with E-state index in [1.807, 2.05) is 18.0 Å². The van der Waals surface area contributed by atoms with Crippen LogP contribution >= 0.6 is 0 Å². The maximum Gasteiger partial charge on any atom is 0.416 e. The van der Waals surface area contributed by atoms with Crippen molar-refractivity contribution in [2.75, 3.05) is 6.54 Å². The topological polar surface area (TPSA) is 51.4 Å². The lowest BCUT2D eigenvalue weighted by Crippen LogP contribution is -2.29. The van der Waals surface area contributed by atoms with Gasteiger partial charge in [-0.1, -0.05) is 67.4 Å². The standard InChI is InChI=1S/C30H31F3N4/c1-18(2)22-8-7-21(5)27(14-22)26-9-6-19(3)10-24(26)15-37-16-28(36-29(37)35-17-34)23-11-20(4)12-25(13-23)30(31,32)33/h6-14,18,28H,15-16H2,1-5H3,(H,35,36)/t28-/m0/s1. The summed E-state index contributed by atoms with van der Waals surface area (Å²) in [7, 11) is 0. The Morgan fingerprint density at radius 1 is 1.00 bits per heavy atom. The zero-order chi connectivity index (χ0) is 26.9. The molecule has 1 heterocycles. The molecular formula is C30H31F3N4. The van der Waals surface area contributed by atoms with Gasteiger partial charge in [-0.05, 0) is 72.2 Å². The third-order valence-electron chi connectivity index (χ3n) is 6.83. The number of rotatable bonds is 5. The molecule has 0 amide bonds. The molecule has 3 aromatic rings. The Morgan fingerprint density at radius 2 is 1.76 bits per heavy atom. The van der Waals surface area contributed by atoms with Gasteiger partial charge in [0.15, 0.2) is 0 Å². The first-order valence-electron chi connectivity index (χ1n) is 12.3. The Hall–Kier alpha value is -3.79. The zero-order valence-electron chi connectivity index (χ0n) is 21.7. The fraction of sp³-hybridized carbons (Fsp3) is 0.333. The summed E-state index contributed by atoms with van der Waals surface area (Å²) in [5, 5.41) is 12.5. The third-order valence-corrected chi connectivity index (χ3v) is 6.83. The highest BCUT2D eigenvalue weighted by Gasteiger charge is 2.34. The molecule has 1 atom stereocenters. The van der Waals surface area contributed by atoms with E-state index < -0.39 is 17.8 Å². The van der Waals surface area contributed by atoms with Crippen LogP contribution in [0, 0.1) is 32.2 Å². The van der Waals surface area contributed by atoms with Crippen molar-refractivity contribution in [2.45, 2.75) is 59.3 Å². The number of nitrogens with one attached hydrogen (secondary N) is 1. The van der Waals surface area contributed by atoms with Crippen molar-refractivity contribution >= 4 is 5.96 Å². The van der Waals surface area contributed by atoms with E-state index in [9.17, 15) is 18.4 Å². The Balaban J connectivity index is 1.71. The van der Waals surface area contributed by atoms with Crippen LogP contribution in [0.4, 0.5) is 13.2 Å². The molecule has 0 unspecified atom stereocenters. The van der Waals surface area contributed by atoms with Gasteiger partial charge in [-0.25, -0.2) is 0 Å². The van der Waals surface area contributed by atoms with Crippen LogP contribution in [0.1, 0.15) is 64.8 Å². The molecule has 37 heavy (non-hydrogen) atoms. The number of aryl methyl sites for hydroxylation is 3. The molecule has 4 nitrogen and oxygen atoms in total. The number of nitriles is 1. The molecule has 192 valence electrons. The van der Waals surface area contributed by atoms with Gasteiger partial charge in [-0.2, -0.15) is 18.4 Å². The average molecular weight is 505 g/mol. The molecule has 0 spiro atoms. The Morgan fingerprint density at radius 3 is 2.43 bits per heavy atom. The fourth-order valence-electron chi connectivity index (χ4n) is 4.87. The van der Waals surface area contributed by atoms with Crippen molar-refractivity contribution in [3.8, 4) is 17.3 Å². The molecule has 0 saturated carbocycles. The van der Waals surface area contributed by atoms with Crippen molar-refractivity contribution in [3.05, 3.63) is 93.5 Å². The predicted octanol–water partition coefficient (Wildman–Crippen LogP) is 7.40. The van der Waals surface area contributed by atoms with Crippen LogP contribution in [0.15, 0.2) is 59.6 Å². The van der Waals surface area contributed by atoms with Gasteiger partial charge in [-0.3, -0.25) is 0 Å². The summed E-state index contributed by atoms with van der Waals surface area (Å²) in [5.41, 5.74) is 7.21. The first-order valence-corrected chi connectivity index (χ1v) is 12.3. The van der Waals surface area contributed by atoms with Crippen molar-refractivity contribution in [3.63, 3.8) is 0 Å². The number of hydrogen-bond acceptors (Lipinski definition) is 2. The minimum absolute atomic E-state index is 0.364. The van der Waals surface area contributed by atoms with Gasteiger partial charge in [0.05, 0.1) is 11.6 Å². The van der Waals surface area contributed by atoms with Crippen molar-refractivity contribution in [1.82, 2.24) is 10.2 Å². The molecular weight excluding hydrogens is 473 g/mol. The van der Waals surface area contributed by atoms with Gasteiger partial charge in [0, 0.05) is 13.1 Å². The summed E-state index contributed by atoms with van der Waals surface area (Å²) in [6.07, 6.45) is -2.59. The second kappa shape index (κ2) is 10.3. The number of benzene rings is 3. The summed E-state index contributed by atoms with van der Waals surface area (Å²) in [5.74, 6) is 0.754. The molecule has 3 aromatic carbocycles. The molecule has 0 radical (unpaired) electrons. The lowest BCUT2D eigenvalue weighted by atomic mass is 9.90. The highest BCUT2D eigenvalue weighted by atomic mass is 19.4. The first kappa shape index (κ1) is 26.3. The molecule has 1 aliphatic heterocycles. The van der Waals surface area contributed by atoms with Crippen LogP contribution in [0.2, 0.25) is 0 Å². The fourth-order valence-corrected chi connectivity index (χ4v) is 4.87. The minimum Gasteiger partial charge on any atom is -0.347 e. The van der Waals surface area contributed by atoms with E-state index >= 15 is 0 Å².